The second-order valence-corrected chi connectivity index (χ2v) is 10.3. The molecule has 3 aromatic rings. The molecule has 0 aromatic heterocycles. The summed E-state index contributed by atoms with van der Waals surface area (Å²) < 4.78 is 5.26. The molecular weight excluding hydrogens is 466 g/mol. The molecule has 3 aromatic carbocycles. The summed E-state index contributed by atoms with van der Waals surface area (Å²) >= 11 is 0. The van der Waals surface area contributed by atoms with Crippen LogP contribution in [0.15, 0.2) is 78.9 Å². The van der Waals surface area contributed by atoms with Crippen molar-refractivity contribution >= 4 is 29.1 Å². The van der Waals surface area contributed by atoms with Crippen LogP contribution in [-0.2, 0) is 26.5 Å². The maximum absolute atomic E-state index is 14.6. The molecule has 4 atom stereocenters. The van der Waals surface area contributed by atoms with Crippen molar-refractivity contribution in [3.8, 4) is 5.75 Å². The summed E-state index contributed by atoms with van der Waals surface area (Å²) in [6.07, 6.45) is 1.69. The number of benzene rings is 3. The number of methoxy groups -OCH3 is 1. The van der Waals surface area contributed by atoms with Gasteiger partial charge in [-0.15, -0.1) is 0 Å². The first kappa shape index (κ1) is 22.2. The number of amides is 3. The van der Waals surface area contributed by atoms with Crippen LogP contribution >= 0.6 is 0 Å². The summed E-state index contributed by atoms with van der Waals surface area (Å²) in [5.74, 6) is -1.26. The molecule has 4 heterocycles. The van der Waals surface area contributed by atoms with Gasteiger partial charge in [-0.05, 0) is 55.3 Å². The molecule has 7 nitrogen and oxygen atoms in total. The van der Waals surface area contributed by atoms with E-state index in [1.54, 1.807) is 31.4 Å². The van der Waals surface area contributed by atoms with Gasteiger partial charge in [0.2, 0.25) is 11.8 Å². The standard InChI is InChI=1S/C30H27N3O4/c1-37-21-15-13-20(14-16-21)33-27(34)25-24-12-7-17-32(24)30(26(25)28(33)35)22-10-5-6-11-23(22)31(29(30)36)18-19-8-3-2-4-9-19/h2-6,8-11,13-16,24-26H,7,12,17-18H2,1H3/t24-,25+,26+,30-/m0/s1. The van der Waals surface area contributed by atoms with Gasteiger partial charge in [0.25, 0.3) is 5.91 Å². The Bertz CT molecular complexity index is 1420. The molecule has 4 aliphatic rings. The fraction of sp³-hybridized carbons (Fsp3) is 0.300. The fourth-order valence-corrected chi connectivity index (χ4v) is 7.25. The molecule has 0 radical (unpaired) electrons. The van der Waals surface area contributed by atoms with Gasteiger partial charge in [0.1, 0.15) is 11.3 Å². The maximum atomic E-state index is 14.6. The molecule has 3 saturated heterocycles. The molecule has 7 heteroatoms. The Morgan fingerprint density at radius 2 is 1.62 bits per heavy atom. The van der Waals surface area contributed by atoms with E-state index in [2.05, 4.69) is 4.90 Å². The van der Waals surface area contributed by atoms with Crippen LogP contribution in [0, 0.1) is 11.8 Å². The minimum atomic E-state index is -1.18. The van der Waals surface area contributed by atoms with E-state index in [0.717, 1.165) is 29.7 Å². The Morgan fingerprint density at radius 1 is 0.892 bits per heavy atom. The summed E-state index contributed by atoms with van der Waals surface area (Å²) in [5, 5.41) is 0. The lowest BCUT2D eigenvalue weighted by Gasteiger charge is -2.37. The van der Waals surface area contributed by atoms with Crippen LogP contribution in [0.2, 0.25) is 0 Å². The summed E-state index contributed by atoms with van der Waals surface area (Å²) in [6.45, 7) is 1.11. The largest absolute Gasteiger partial charge is 0.497 e. The zero-order valence-corrected chi connectivity index (χ0v) is 20.5. The number of hydrogen-bond acceptors (Lipinski definition) is 5. The zero-order chi connectivity index (χ0) is 25.3. The number of imide groups is 1. The average Bonchev–Trinajstić information content (AvgIpc) is 3.64. The molecule has 1 spiro atoms. The van der Waals surface area contributed by atoms with E-state index in [0.29, 0.717) is 24.5 Å². The maximum Gasteiger partial charge on any atom is 0.253 e. The number of ether oxygens (including phenoxy) is 1. The molecule has 37 heavy (non-hydrogen) atoms. The highest BCUT2D eigenvalue weighted by atomic mass is 16.5. The third-order valence-corrected chi connectivity index (χ3v) is 8.66. The lowest BCUT2D eigenvalue weighted by molar-refractivity contribution is -0.137. The van der Waals surface area contributed by atoms with Gasteiger partial charge < -0.3 is 9.64 Å². The predicted molar refractivity (Wildman–Crippen MR) is 138 cm³/mol. The molecular formula is C30H27N3O4. The third kappa shape index (κ3) is 2.83. The Kier molecular flexibility index (Phi) is 4.82. The lowest BCUT2D eigenvalue weighted by atomic mass is 9.75. The molecule has 186 valence electrons. The third-order valence-electron chi connectivity index (χ3n) is 8.66. The van der Waals surface area contributed by atoms with Crippen molar-refractivity contribution in [3.63, 3.8) is 0 Å². The van der Waals surface area contributed by atoms with E-state index in [9.17, 15) is 14.4 Å². The highest BCUT2D eigenvalue weighted by molar-refractivity contribution is 6.26. The molecule has 0 N–H and O–H groups in total. The van der Waals surface area contributed by atoms with Gasteiger partial charge in [-0.25, -0.2) is 4.90 Å². The Balaban J connectivity index is 1.37. The van der Waals surface area contributed by atoms with Crippen LogP contribution in [0.1, 0.15) is 24.0 Å². The molecule has 3 fully saturated rings. The molecule has 0 aliphatic carbocycles. The minimum absolute atomic E-state index is 0.102. The van der Waals surface area contributed by atoms with Crippen LogP contribution in [0.4, 0.5) is 11.4 Å². The van der Waals surface area contributed by atoms with Gasteiger partial charge in [-0.3, -0.25) is 19.3 Å². The average molecular weight is 494 g/mol. The first-order chi connectivity index (χ1) is 18.1. The number of hydrogen-bond donors (Lipinski definition) is 0. The molecule has 4 aliphatic heterocycles. The van der Waals surface area contributed by atoms with Crippen molar-refractivity contribution in [2.75, 3.05) is 23.5 Å². The van der Waals surface area contributed by atoms with Crippen molar-refractivity contribution in [1.82, 2.24) is 4.90 Å². The van der Waals surface area contributed by atoms with Crippen molar-refractivity contribution < 1.29 is 19.1 Å². The molecule has 0 unspecified atom stereocenters. The minimum Gasteiger partial charge on any atom is -0.497 e. The lowest BCUT2D eigenvalue weighted by Crippen LogP contribution is -2.55. The van der Waals surface area contributed by atoms with Crippen LogP contribution in [0.3, 0.4) is 0 Å². The topological polar surface area (TPSA) is 70.2 Å². The van der Waals surface area contributed by atoms with Gasteiger partial charge >= 0.3 is 0 Å². The zero-order valence-electron chi connectivity index (χ0n) is 20.5. The number of nitrogens with zero attached hydrogens (tertiary/aromatic N) is 3. The summed E-state index contributed by atoms with van der Waals surface area (Å²) in [4.78, 5) is 48.1. The first-order valence-corrected chi connectivity index (χ1v) is 12.8. The van der Waals surface area contributed by atoms with Crippen molar-refractivity contribution in [2.24, 2.45) is 11.8 Å². The monoisotopic (exact) mass is 493 g/mol. The number of carbonyl (C=O) groups is 3. The second kappa shape index (κ2) is 8.02. The van der Waals surface area contributed by atoms with Gasteiger partial charge in [-0.2, -0.15) is 0 Å². The number of anilines is 2. The van der Waals surface area contributed by atoms with Gasteiger partial charge in [0.05, 0.1) is 31.2 Å². The first-order valence-electron chi connectivity index (χ1n) is 12.8. The van der Waals surface area contributed by atoms with Crippen LogP contribution in [0.5, 0.6) is 5.75 Å². The normalized spacial score (nSPS) is 28.2. The predicted octanol–water partition coefficient (Wildman–Crippen LogP) is 3.72. The Hall–Kier alpha value is -3.97. The summed E-state index contributed by atoms with van der Waals surface area (Å²) in [5.41, 5.74) is 2.03. The van der Waals surface area contributed by atoms with Crippen molar-refractivity contribution in [3.05, 3.63) is 90.0 Å². The van der Waals surface area contributed by atoms with E-state index in [4.69, 9.17) is 4.74 Å². The van der Waals surface area contributed by atoms with E-state index in [1.807, 2.05) is 59.5 Å². The summed E-state index contributed by atoms with van der Waals surface area (Å²) in [7, 11) is 1.58. The van der Waals surface area contributed by atoms with Gasteiger partial charge in [0, 0.05) is 17.3 Å². The number of para-hydroxylation sites is 1. The molecule has 3 amide bonds. The number of carbonyl (C=O) groups excluding carboxylic acids is 3. The van der Waals surface area contributed by atoms with Gasteiger partial charge in [0.15, 0.2) is 0 Å². The Labute approximate surface area is 215 Å². The van der Waals surface area contributed by atoms with Crippen LogP contribution in [-0.4, -0.2) is 42.3 Å². The van der Waals surface area contributed by atoms with E-state index >= 15 is 0 Å². The SMILES string of the molecule is COc1ccc(N2C(=O)[C@@H]3[C@@H]4CCCN4[C@]4(C(=O)N(Cc5ccccc5)c5ccccc54)[C@H]3C2=O)cc1. The van der Waals surface area contributed by atoms with Crippen LogP contribution < -0.4 is 14.5 Å². The highest BCUT2D eigenvalue weighted by Crippen LogP contribution is 2.62. The van der Waals surface area contributed by atoms with Gasteiger partial charge in [-0.1, -0.05) is 48.5 Å². The quantitative estimate of drug-likeness (QED) is 0.518. The highest BCUT2D eigenvalue weighted by Gasteiger charge is 2.75. The Morgan fingerprint density at radius 3 is 2.38 bits per heavy atom. The number of rotatable bonds is 4. The van der Waals surface area contributed by atoms with Crippen molar-refractivity contribution in [2.45, 2.75) is 31.0 Å². The fourth-order valence-electron chi connectivity index (χ4n) is 7.25. The number of fused-ring (bicyclic) bond motifs is 7. The molecule has 0 saturated carbocycles. The smallest absolute Gasteiger partial charge is 0.253 e. The molecule has 0 bridgehead atoms. The molecule has 7 rings (SSSR count). The van der Waals surface area contributed by atoms with E-state index < -0.39 is 17.4 Å². The summed E-state index contributed by atoms with van der Waals surface area (Å²) in [6, 6.07) is 24.5. The van der Waals surface area contributed by atoms with E-state index in [1.165, 1.54) is 4.90 Å². The van der Waals surface area contributed by atoms with Crippen LogP contribution in [0.25, 0.3) is 0 Å². The van der Waals surface area contributed by atoms with Crippen molar-refractivity contribution in [1.29, 1.82) is 0 Å². The van der Waals surface area contributed by atoms with E-state index in [-0.39, 0.29) is 23.8 Å². The second-order valence-electron chi connectivity index (χ2n) is 10.3.